The van der Waals surface area contributed by atoms with E-state index in [2.05, 4.69) is 0 Å². The molecular weight excluding hydrogens is 163 g/mol. The molecule has 0 rings (SSSR count). The van der Waals surface area contributed by atoms with E-state index < -0.39 is 0 Å². The van der Waals surface area contributed by atoms with Gasteiger partial charge >= 0.3 is 24.5 Å². The third-order valence-corrected chi connectivity index (χ3v) is 0. The van der Waals surface area contributed by atoms with Gasteiger partial charge in [-0.05, 0) is 0 Å². The van der Waals surface area contributed by atoms with E-state index in [0.717, 1.165) is 0 Å². The Morgan fingerprint density at radius 3 is 0.375 bits per heavy atom. The normalized spacial score (nSPS) is 0. The largest absolute Gasteiger partial charge is 4.00 e. The molecule has 6 nitrogen and oxygen atoms in total. The van der Waals surface area contributed by atoms with Gasteiger partial charge in [-0.15, -0.1) is 0 Å². The molecule has 0 bridgehead atoms. The van der Waals surface area contributed by atoms with Crippen LogP contribution in [0.2, 0.25) is 0 Å². The van der Waals surface area contributed by atoms with Crippen molar-refractivity contribution in [3.05, 3.63) is 7.43 Å². The standard InChI is InChI=1S/C.Mn.6H2O/h;;6*1H2/q+4;+2;;;;;;/p-6. The average Bonchev–Trinajstić information content (AvgIpc) is 0. The first-order chi connectivity index (χ1) is 0. The van der Waals surface area contributed by atoms with Gasteiger partial charge in [-0.3, -0.25) is 0 Å². The quantitative estimate of drug-likeness (QED) is 0.419. The summed E-state index contributed by atoms with van der Waals surface area (Å²) in [7, 11) is 0. The minimum Gasteiger partial charge on any atom is -0.870 e. The Balaban J connectivity index is 0. The van der Waals surface area contributed by atoms with Gasteiger partial charge in [0.2, 0.25) is 0 Å². The van der Waals surface area contributed by atoms with Crippen molar-refractivity contribution in [2.45, 2.75) is 0 Å². The van der Waals surface area contributed by atoms with Gasteiger partial charge in [0.25, 0.3) is 0 Å². The molecule has 6 N–H and O–H groups in total. The van der Waals surface area contributed by atoms with Gasteiger partial charge in [-0.25, -0.2) is 0 Å². The third kappa shape index (κ3) is 2240. The molecule has 0 unspecified atom stereocenters. The predicted molar refractivity (Wildman–Crippen MR) is 14.9 cm³/mol. The molecule has 0 saturated carbocycles. The van der Waals surface area contributed by atoms with Crippen LogP contribution in [0.1, 0.15) is 0 Å². The van der Waals surface area contributed by atoms with E-state index >= 15 is 0 Å². The van der Waals surface area contributed by atoms with Crippen molar-refractivity contribution >= 4 is 0 Å². The molecule has 0 spiro atoms. The zero-order valence-electron chi connectivity index (χ0n) is 3.56. The van der Waals surface area contributed by atoms with Crippen LogP contribution in [0.15, 0.2) is 0 Å². The molecule has 0 atom stereocenters. The third-order valence-electron chi connectivity index (χ3n) is 0. The van der Waals surface area contributed by atoms with Crippen LogP contribution in [-0.2, 0) is 17.1 Å². The van der Waals surface area contributed by atoms with Gasteiger partial charge in [-0.2, -0.15) is 0 Å². The van der Waals surface area contributed by atoms with E-state index in [-0.39, 0.29) is 57.4 Å². The van der Waals surface area contributed by atoms with Crippen LogP contribution in [0, 0.1) is 7.43 Å². The van der Waals surface area contributed by atoms with Crippen molar-refractivity contribution in [1.82, 2.24) is 0 Å². The minimum absolute atomic E-state index is 0. The van der Waals surface area contributed by atoms with Gasteiger partial charge in [0.15, 0.2) is 0 Å². The molecule has 0 aromatic rings. The van der Waals surface area contributed by atoms with E-state index in [9.17, 15) is 0 Å². The fraction of sp³-hybridized carbons (Fsp3) is 0. The zero-order valence-corrected chi connectivity index (χ0v) is 4.74. The van der Waals surface area contributed by atoms with Crippen molar-refractivity contribution in [2.24, 2.45) is 0 Å². The van der Waals surface area contributed by atoms with E-state index in [1.165, 1.54) is 0 Å². The van der Waals surface area contributed by atoms with Crippen molar-refractivity contribution in [3.63, 3.8) is 0 Å². The van der Waals surface area contributed by atoms with E-state index in [4.69, 9.17) is 0 Å². The number of hydrogen-bond acceptors (Lipinski definition) is 6. The molecule has 0 aliphatic heterocycles. The molecule has 0 fully saturated rings. The molecular formula is CH6MnO6. The second-order valence-electron chi connectivity index (χ2n) is 0. The van der Waals surface area contributed by atoms with Gasteiger partial charge in [-0.1, -0.05) is 0 Å². The maximum atomic E-state index is 0. The van der Waals surface area contributed by atoms with E-state index in [1.54, 1.807) is 0 Å². The fourth-order valence-corrected chi connectivity index (χ4v) is 0. The SMILES string of the molecule is [C+4].[Mn+2].[OH-].[OH-].[OH-].[OH-].[OH-].[OH-]. The Bertz CT molecular complexity index is 8.49. The maximum Gasteiger partial charge on any atom is 4.00 e. The summed E-state index contributed by atoms with van der Waals surface area (Å²) in [5.74, 6) is 0. The minimum atomic E-state index is 0. The molecule has 0 aromatic carbocycles. The van der Waals surface area contributed by atoms with Crippen LogP contribution in [0.3, 0.4) is 0 Å². The first kappa shape index (κ1) is 5620. The summed E-state index contributed by atoms with van der Waals surface area (Å²) >= 11 is 0. The smallest absolute Gasteiger partial charge is 0.870 e. The second-order valence-corrected chi connectivity index (χ2v) is 0. The van der Waals surface area contributed by atoms with Crippen molar-refractivity contribution in [1.29, 1.82) is 0 Å². The summed E-state index contributed by atoms with van der Waals surface area (Å²) in [6, 6.07) is 0. The molecule has 0 aliphatic rings. The molecule has 0 saturated heterocycles. The van der Waals surface area contributed by atoms with Crippen molar-refractivity contribution < 1.29 is 49.9 Å². The Labute approximate surface area is 58.2 Å². The molecule has 0 heterocycles. The predicted octanol–water partition coefficient (Wildman–Crippen LogP) is -0.982. The van der Waals surface area contributed by atoms with Crippen molar-refractivity contribution in [2.75, 3.05) is 0 Å². The molecule has 8 heavy (non-hydrogen) atoms. The Hall–Kier alpha value is 0.279. The van der Waals surface area contributed by atoms with Crippen LogP contribution >= 0.6 is 0 Å². The maximum absolute atomic E-state index is 0. The number of rotatable bonds is 0. The first-order valence-electron chi connectivity index (χ1n) is 0. The topological polar surface area (TPSA) is 180 Å². The van der Waals surface area contributed by atoms with E-state index in [1.807, 2.05) is 0 Å². The Morgan fingerprint density at radius 2 is 0.375 bits per heavy atom. The zero-order chi connectivity index (χ0) is 0. The first-order valence-corrected chi connectivity index (χ1v) is 0. The molecule has 53 valence electrons. The van der Waals surface area contributed by atoms with Crippen LogP contribution in [0.5, 0.6) is 0 Å². The van der Waals surface area contributed by atoms with Gasteiger partial charge in [0.05, 0.1) is 0 Å². The average molecular weight is 169 g/mol. The van der Waals surface area contributed by atoms with Crippen LogP contribution in [-0.4, -0.2) is 32.9 Å². The molecule has 0 aliphatic carbocycles. The van der Waals surface area contributed by atoms with Gasteiger partial charge in [0.1, 0.15) is 0 Å². The molecule has 0 aromatic heterocycles. The summed E-state index contributed by atoms with van der Waals surface area (Å²) in [6.07, 6.45) is 0. The monoisotopic (exact) mass is 169 g/mol. The van der Waals surface area contributed by atoms with Crippen molar-refractivity contribution in [3.8, 4) is 0 Å². The molecule has 7 heteroatoms. The van der Waals surface area contributed by atoms with Gasteiger partial charge in [0, 0.05) is 0 Å². The summed E-state index contributed by atoms with van der Waals surface area (Å²) in [5.41, 5.74) is 0. The van der Waals surface area contributed by atoms with Crippen LogP contribution in [0.4, 0.5) is 0 Å². The Kier molecular flexibility index (Phi) is 2580000. The second kappa shape index (κ2) is 3670. The fourth-order valence-electron chi connectivity index (χ4n) is 0. The molecule has 1 radical (unpaired) electrons. The van der Waals surface area contributed by atoms with Gasteiger partial charge < -0.3 is 32.9 Å². The molecule has 0 amide bonds. The summed E-state index contributed by atoms with van der Waals surface area (Å²) in [4.78, 5) is 0. The van der Waals surface area contributed by atoms with Crippen LogP contribution in [0.25, 0.3) is 0 Å². The van der Waals surface area contributed by atoms with Crippen LogP contribution < -0.4 is 0 Å². The summed E-state index contributed by atoms with van der Waals surface area (Å²) in [6.45, 7) is 0. The Morgan fingerprint density at radius 1 is 0.375 bits per heavy atom. The van der Waals surface area contributed by atoms with E-state index in [0.29, 0.717) is 0 Å². The summed E-state index contributed by atoms with van der Waals surface area (Å²) < 4.78 is 0. The summed E-state index contributed by atoms with van der Waals surface area (Å²) in [5, 5.41) is 0. The number of hydrogen-bond donors (Lipinski definition) is 0.